The zero-order chi connectivity index (χ0) is 18.8. The molecule has 0 N–H and O–H groups in total. The Labute approximate surface area is 167 Å². The lowest BCUT2D eigenvalue weighted by Gasteiger charge is -2.35. The molecule has 142 valence electrons. The molecule has 1 saturated heterocycles. The van der Waals surface area contributed by atoms with Gasteiger partial charge >= 0.3 is 0 Å². The number of hydrogen-bond donors (Lipinski definition) is 0. The highest BCUT2D eigenvalue weighted by Crippen LogP contribution is 2.24. The molecule has 5 nitrogen and oxygen atoms in total. The normalized spacial score (nSPS) is 15.4. The topological polar surface area (TPSA) is 29.2 Å². The van der Waals surface area contributed by atoms with E-state index in [-0.39, 0.29) is 5.82 Å². The van der Waals surface area contributed by atoms with Crippen molar-refractivity contribution in [1.29, 1.82) is 0 Å². The van der Waals surface area contributed by atoms with E-state index in [9.17, 15) is 4.39 Å². The zero-order valence-corrected chi connectivity index (χ0v) is 16.8. The van der Waals surface area contributed by atoms with Gasteiger partial charge < -0.3 is 4.90 Å². The quantitative estimate of drug-likeness (QED) is 0.601. The van der Waals surface area contributed by atoms with Crippen molar-refractivity contribution in [3.63, 3.8) is 0 Å². The molecule has 2 aromatic heterocycles. The van der Waals surface area contributed by atoms with E-state index in [1.807, 2.05) is 22.9 Å². The second kappa shape index (κ2) is 7.92. The lowest BCUT2D eigenvalue weighted by atomic mass is 10.2. The Hall–Kier alpha value is -2.03. The van der Waals surface area contributed by atoms with Crippen molar-refractivity contribution in [3.05, 3.63) is 52.4 Å². The van der Waals surface area contributed by atoms with Gasteiger partial charge in [0.05, 0.1) is 11.5 Å². The number of hydrogen-bond acceptors (Lipinski definition) is 5. The van der Waals surface area contributed by atoms with Crippen LogP contribution in [0.1, 0.15) is 6.92 Å². The van der Waals surface area contributed by atoms with Gasteiger partial charge in [0.2, 0.25) is 0 Å². The molecule has 3 heterocycles. The first-order valence-electron chi connectivity index (χ1n) is 9.10. The molecule has 0 bridgehead atoms. The Bertz CT molecular complexity index is 938. The predicted octanol–water partition coefficient (Wildman–Crippen LogP) is 4.08. The summed E-state index contributed by atoms with van der Waals surface area (Å²) in [6, 6.07) is 10.8. The predicted molar refractivity (Wildman–Crippen MR) is 110 cm³/mol. The average molecular weight is 404 g/mol. The van der Waals surface area contributed by atoms with Crippen molar-refractivity contribution in [3.8, 4) is 10.7 Å². The van der Waals surface area contributed by atoms with Crippen molar-refractivity contribution >= 4 is 29.2 Å². The summed E-state index contributed by atoms with van der Waals surface area (Å²) in [6.45, 7) is 7.27. The molecule has 0 radical (unpaired) electrons. The number of aromatic nitrogens is 3. The van der Waals surface area contributed by atoms with Gasteiger partial charge in [-0.3, -0.25) is 9.47 Å². The lowest BCUT2D eigenvalue weighted by Crippen LogP contribution is -2.47. The number of anilines is 1. The molecule has 4 rings (SSSR count). The van der Waals surface area contributed by atoms with Crippen molar-refractivity contribution in [2.45, 2.75) is 20.1 Å². The number of halogens is 1. The first kappa shape index (κ1) is 18.3. The summed E-state index contributed by atoms with van der Waals surface area (Å²) in [5.74, 6) is 0.752. The van der Waals surface area contributed by atoms with Crippen molar-refractivity contribution in [2.75, 3.05) is 31.1 Å². The maximum absolute atomic E-state index is 13.1. The molecule has 1 fully saturated rings. The van der Waals surface area contributed by atoms with Gasteiger partial charge in [-0.1, -0.05) is 6.07 Å². The fourth-order valence-corrected chi connectivity index (χ4v) is 4.43. The van der Waals surface area contributed by atoms with Crippen molar-refractivity contribution in [1.82, 2.24) is 19.2 Å². The van der Waals surface area contributed by atoms with E-state index in [4.69, 9.17) is 17.3 Å². The second-order valence-electron chi connectivity index (χ2n) is 6.55. The molecule has 0 atom stereocenters. The van der Waals surface area contributed by atoms with Crippen molar-refractivity contribution < 1.29 is 4.39 Å². The lowest BCUT2D eigenvalue weighted by molar-refractivity contribution is 0.194. The average Bonchev–Trinajstić information content (AvgIpc) is 3.32. The fourth-order valence-electron chi connectivity index (χ4n) is 3.40. The Morgan fingerprint density at radius 3 is 2.48 bits per heavy atom. The Balaban J connectivity index is 1.45. The number of thiophene rings is 1. The highest BCUT2D eigenvalue weighted by Gasteiger charge is 2.19. The van der Waals surface area contributed by atoms with E-state index in [2.05, 4.69) is 32.7 Å². The number of benzene rings is 1. The van der Waals surface area contributed by atoms with Gasteiger partial charge in [0.25, 0.3) is 0 Å². The Morgan fingerprint density at radius 1 is 1.11 bits per heavy atom. The van der Waals surface area contributed by atoms with E-state index in [0.29, 0.717) is 6.67 Å². The summed E-state index contributed by atoms with van der Waals surface area (Å²) in [6.07, 6.45) is 0. The molecular formula is C19H22FN5S2. The molecule has 3 aromatic rings. The van der Waals surface area contributed by atoms with Crippen LogP contribution in [0.25, 0.3) is 10.7 Å². The van der Waals surface area contributed by atoms with Crippen LogP contribution in [0, 0.1) is 10.6 Å². The number of rotatable bonds is 5. The van der Waals surface area contributed by atoms with Crippen LogP contribution < -0.4 is 4.90 Å². The van der Waals surface area contributed by atoms with E-state index < -0.39 is 0 Å². The maximum Gasteiger partial charge on any atom is 0.199 e. The van der Waals surface area contributed by atoms with Crippen LogP contribution in [0.2, 0.25) is 0 Å². The highest BCUT2D eigenvalue weighted by molar-refractivity contribution is 7.71. The summed E-state index contributed by atoms with van der Waals surface area (Å²) in [5.41, 5.74) is 1.07. The maximum atomic E-state index is 13.1. The van der Waals surface area contributed by atoms with Gasteiger partial charge in [-0.15, -0.1) is 16.4 Å². The molecule has 0 unspecified atom stereocenters. The minimum absolute atomic E-state index is 0.195. The zero-order valence-electron chi connectivity index (χ0n) is 15.2. The van der Waals surface area contributed by atoms with Gasteiger partial charge in [-0.25, -0.2) is 9.07 Å². The third kappa shape index (κ3) is 3.83. The summed E-state index contributed by atoms with van der Waals surface area (Å²) in [7, 11) is 0. The van der Waals surface area contributed by atoms with Crippen LogP contribution in [-0.2, 0) is 13.2 Å². The molecule has 0 saturated carbocycles. The molecule has 27 heavy (non-hydrogen) atoms. The molecule has 1 aliphatic heterocycles. The van der Waals surface area contributed by atoms with Crippen LogP contribution in [0.3, 0.4) is 0 Å². The molecule has 0 amide bonds. The van der Waals surface area contributed by atoms with Crippen molar-refractivity contribution in [2.24, 2.45) is 0 Å². The Morgan fingerprint density at radius 2 is 1.85 bits per heavy atom. The van der Waals surface area contributed by atoms with Gasteiger partial charge in [-0.2, -0.15) is 0 Å². The fraction of sp³-hybridized carbons (Fsp3) is 0.368. The molecular weight excluding hydrogens is 381 g/mol. The van der Waals surface area contributed by atoms with Gasteiger partial charge in [0.1, 0.15) is 5.82 Å². The minimum Gasteiger partial charge on any atom is -0.369 e. The summed E-state index contributed by atoms with van der Waals surface area (Å²) >= 11 is 7.34. The molecule has 1 aliphatic rings. The van der Waals surface area contributed by atoms with Crippen LogP contribution in [0.15, 0.2) is 41.8 Å². The van der Waals surface area contributed by atoms with Crippen LogP contribution >= 0.6 is 23.6 Å². The third-order valence-electron chi connectivity index (χ3n) is 4.88. The first-order chi connectivity index (χ1) is 13.2. The standard InChI is InChI=1S/C19H22FN5S2/c1-2-24-18(17-4-3-13-27-17)21-25(19(24)26)14-22-9-11-23(12-10-22)16-7-5-15(20)6-8-16/h3-8,13H,2,9-12,14H2,1H3. The number of nitrogens with zero attached hydrogens (tertiary/aromatic N) is 5. The van der Waals surface area contributed by atoms with Crippen LogP contribution in [-0.4, -0.2) is 45.4 Å². The minimum atomic E-state index is -0.195. The second-order valence-corrected chi connectivity index (χ2v) is 7.86. The summed E-state index contributed by atoms with van der Waals surface area (Å²) in [5, 5.41) is 6.85. The summed E-state index contributed by atoms with van der Waals surface area (Å²) in [4.78, 5) is 5.79. The number of piperazine rings is 1. The van der Waals surface area contributed by atoms with E-state index in [1.54, 1.807) is 11.3 Å². The van der Waals surface area contributed by atoms with E-state index >= 15 is 0 Å². The highest BCUT2D eigenvalue weighted by atomic mass is 32.1. The molecule has 0 spiro atoms. The first-order valence-corrected chi connectivity index (χ1v) is 10.4. The van der Waals surface area contributed by atoms with Gasteiger partial charge in [0, 0.05) is 38.4 Å². The largest absolute Gasteiger partial charge is 0.369 e. The van der Waals surface area contributed by atoms with Crippen LogP contribution in [0.5, 0.6) is 0 Å². The van der Waals surface area contributed by atoms with E-state index in [0.717, 1.165) is 53.9 Å². The van der Waals surface area contributed by atoms with E-state index in [1.165, 1.54) is 12.1 Å². The molecule has 0 aliphatic carbocycles. The smallest absolute Gasteiger partial charge is 0.199 e. The van der Waals surface area contributed by atoms with Crippen LogP contribution in [0.4, 0.5) is 10.1 Å². The third-order valence-corrected chi connectivity index (χ3v) is 6.18. The SMILES string of the molecule is CCn1c(-c2cccs2)nn(CN2CCN(c3ccc(F)cc3)CC2)c1=S. The summed E-state index contributed by atoms with van der Waals surface area (Å²) < 4.78 is 17.9. The molecule has 1 aromatic carbocycles. The monoisotopic (exact) mass is 403 g/mol. The van der Waals surface area contributed by atoms with Gasteiger partial charge in [0.15, 0.2) is 10.6 Å². The molecule has 8 heteroatoms. The Kier molecular flexibility index (Phi) is 5.38. The van der Waals surface area contributed by atoms with Gasteiger partial charge in [-0.05, 0) is 54.9 Å².